The zero-order valence-corrected chi connectivity index (χ0v) is 13.1. The number of nitriles is 1. The van der Waals surface area contributed by atoms with Gasteiger partial charge in [-0.25, -0.2) is 0 Å². The van der Waals surface area contributed by atoms with E-state index in [9.17, 15) is 4.79 Å². The van der Waals surface area contributed by atoms with Crippen LogP contribution in [0.1, 0.15) is 24.1 Å². The number of benzene rings is 2. The molecule has 1 heterocycles. The van der Waals surface area contributed by atoms with E-state index in [1.54, 1.807) is 24.3 Å². The highest BCUT2D eigenvalue weighted by atomic mass is 16.7. The largest absolute Gasteiger partial charge is 0.484 e. The van der Waals surface area contributed by atoms with Gasteiger partial charge < -0.3 is 19.5 Å². The molecule has 1 amide bonds. The molecule has 0 bridgehead atoms. The Morgan fingerprint density at radius 1 is 1.25 bits per heavy atom. The first-order valence-electron chi connectivity index (χ1n) is 7.47. The molecule has 122 valence electrons. The van der Waals surface area contributed by atoms with Crippen LogP contribution < -0.4 is 19.5 Å². The number of rotatable bonds is 5. The summed E-state index contributed by atoms with van der Waals surface area (Å²) in [5.74, 6) is 1.70. The summed E-state index contributed by atoms with van der Waals surface area (Å²) in [5.41, 5.74) is 1.47. The first-order chi connectivity index (χ1) is 11.7. The molecule has 1 atom stereocenters. The first-order valence-corrected chi connectivity index (χ1v) is 7.47. The molecule has 0 aliphatic carbocycles. The smallest absolute Gasteiger partial charge is 0.258 e. The van der Waals surface area contributed by atoms with Gasteiger partial charge in [0.15, 0.2) is 18.1 Å². The topological polar surface area (TPSA) is 80.6 Å². The van der Waals surface area contributed by atoms with Crippen LogP contribution in [-0.2, 0) is 4.79 Å². The van der Waals surface area contributed by atoms with Crippen molar-refractivity contribution in [1.29, 1.82) is 5.26 Å². The fourth-order valence-corrected chi connectivity index (χ4v) is 2.32. The number of amides is 1. The molecule has 0 spiro atoms. The van der Waals surface area contributed by atoms with E-state index >= 15 is 0 Å². The molecule has 0 saturated carbocycles. The van der Waals surface area contributed by atoms with E-state index in [0.717, 1.165) is 5.56 Å². The van der Waals surface area contributed by atoms with Crippen molar-refractivity contribution in [2.75, 3.05) is 13.4 Å². The molecule has 24 heavy (non-hydrogen) atoms. The SMILES string of the molecule is C[C@@H](NC(=O)COc1ccc(C#N)cc1)c1ccc2c(c1)OCO2. The van der Waals surface area contributed by atoms with Crippen LogP contribution in [0, 0.1) is 11.3 Å². The molecule has 0 radical (unpaired) electrons. The van der Waals surface area contributed by atoms with Crippen LogP contribution in [-0.4, -0.2) is 19.3 Å². The average Bonchev–Trinajstić information content (AvgIpc) is 3.08. The Morgan fingerprint density at radius 2 is 2.00 bits per heavy atom. The Labute approximate surface area is 139 Å². The summed E-state index contributed by atoms with van der Waals surface area (Å²) in [6.45, 7) is 2.01. The van der Waals surface area contributed by atoms with E-state index in [1.165, 1.54) is 0 Å². The second-order valence-electron chi connectivity index (χ2n) is 5.33. The Hall–Kier alpha value is -3.20. The summed E-state index contributed by atoms with van der Waals surface area (Å²) in [6.07, 6.45) is 0. The molecule has 0 aromatic heterocycles. The first kappa shape index (κ1) is 15.7. The van der Waals surface area contributed by atoms with Gasteiger partial charge in [0.25, 0.3) is 5.91 Å². The van der Waals surface area contributed by atoms with Crippen molar-refractivity contribution < 1.29 is 19.0 Å². The second kappa shape index (κ2) is 6.92. The summed E-state index contributed by atoms with van der Waals surface area (Å²) in [4.78, 5) is 12.0. The van der Waals surface area contributed by atoms with Gasteiger partial charge in [-0.05, 0) is 48.9 Å². The van der Waals surface area contributed by atoms with Gasteiger partial charge in [-0.15, -0.1) is 0 Å². The Morgan fingerprint density at radius 3 is 2.75 bits per heavy atom. The molecule has 2 aromatic rings. The number of ether oxygens (including phenoxy) is 3. The van der Waals surface area contributed by atoms with Crippen LogP contribution in [0.2, 0.25) is 0 Å². The molecule has 1 N–H and O–H groups in total. The molecule has 0 unspecified atom stereocenters. The minimum absolute atomic E-state index is 0.0964. The normalized spacial score (nSPS) is 13.0. The summed E-state index contributed by atoms with van der Waals surface area (Å²) < 4.78 is 16.0. The number of carbonyl (C=O) groups excluding carboxylic acids is 1. The van der Waals surface area contributed by atoms with Gasteiger partial charge >= 0.3 is 0 Å². The van der Waals surface area contributed by atoms with Crippen molar-refractivity contribution >= 4 is 5.91 Å². The third-order valence-electron chi connectivity index (χ3n) is 3.63. The summed E-state index contributed by atoms with van der Waals surface area (Å²) in [6, 6.07) is 14.0. The zero-order chi connectivity index (χ0) is 16.9. The Kier molecular flexibility index (Phi) is 4.52. The van der Waals surface area contributed by atoms with Crippen molar-refractivity contribution in [3.05, 3.63) is 53.6 Å². The maximum atomic E-state index is 12.0. The fourth-order valence-electron chi connectivity index (χ4n) is 2.32. The maximum absolute atomic E-state index is 12.0. The summed E-state index contributed by atoms with van der Waals surface area (Å²) in [5, 5.41) is 11.6. The average molecular weight is 324 g/mol. The van der Waals surface area contributed by atoms with Crippen LogP contribution >= 0.6 is 0 Å². The third-order valence-corrected chi connectivity index (χ3v) is 3.63. The number of hydrogen-bond acceptors (Lipinski definition) is 5. The predicted molar refractivity (Wildman–Crippen MR) is 85.8 cm³/mol. The van der Waals surface area contributed by atoms with Gasteiger partial charge in [0.1, 0.15) is 5.75 Å². The lowest BCUT2D eigenvalue weighted by atomic mass is 10.1. The third kappa shape index (κ3) is 3.58. The van der Waals surface area contributed by atoms with E-state index in [0.29, 0.717) is 22.8 Å². The van der Waals surface area contributed by atoms with Crippen LogP contribution in [0.3, 0.4) is 0 Å². The fraction of sp³-hybridized carbons (Fsp3) is 0.222. The van der Waals surface area contributed by atoms with Gasteiger partial charge in [-0.3, -0.25) is 4.79 Å². The highest BCUT2D eigenvalue weighted by Gasteiger charge is 2.17. The number of carbonyl (C=O) groups is 1. The zero-order valence-electron chi connectivity index (χ0n) is 13.1. The summed E-state index contributed by atoms with van der Waals surface area (Å²) in [7, 11) is 0. The van der Waals surface area contributed by atoms with Gasteiger partial charge in [-0.1, -0.05) is 6.07 Å². The molecule has 0 fully saturated rings. The van der Waals surface area contributed by atoms with E-state index in [-0.39, 0.29) is 25.3 Å². The quantitative estimate of drug-likeness (QED) is 0.914. The van der Waals surface area contributed by atoms with Crippen LogP contribution in [0.4, 0.5) is 0 Å². The van der Waals surface area contributed by atoms with Crippen molar-refractivity contribution in [3.63, 3.8) is 0 Å². The van der Waals surface area contributed by atoms with E-state index < -0.39 is 0 Å². The van der Waals surface area contributed by atoms with Crippen molar-refractivity contribution in [1.82, 2.24) is 5.32 Å². The number of hydrogen-bond donors (Lipinski definition) is 1. The lowest BCUT2D eigenvalue weighted by Gasteiger charge is -2.15. The number of nitrogens with zero attached hydrogens (tertiary/aromatic N) is 1. The molecule has 0 saturated heterocycles. The van der Waals surface area contributed by atoms with E-state index in [1.807, 2.05) is 31.2 Å². The molecule has 3 rings (SSSR count). The molecular formula is C18H16N2O4. The van der Waals surface area contributed by atoms with Gasteiger partial charge in [0, 0.05) is 0 Å². The van der Waals surface area contributed by atoms with Gasteiger partial charge in [0.2, 0.25) is 6.79 Å². The summed E-state index contributed by atoms with van der Waals surface area (Å²) >= 11 is 0. The molecular weight excluding hydrogens is 308 g/mol. The van der Waals surface area contributed by atoms with Crippen LogP contribution in [0.15, 0.2) is 42.5 Å². The monoisotopic (exact) mass is 324 g/mol. The van der Waals surface area contributed by atoms with Crippen molar-refractivity contribution in [2.24, 2.45) is 0 Å². The van der Waals surface area contributed by atoms with Crippen LogP contribution in [0.5, 0.6) is 17.2 Å². The van der Waals surface area contributed by atoms with E-state index in [4.69, 9.17) is 19.5 Å². The predicted octanol–water partition coefficient (Wildman–Crippen LogP) is 2.54. The van der Waals surface area contributed by atoms with Crippen LogP contribution in [0.25, 0.3) is 0 Å². The van der Waals surface area contributed by atoms with Crippen molar-refractivity contribution in [2.45, 2.75) is 13.0 Å². The minimum Gasteiger partial charge on any atom is -0.484 e. The molecule has 6 heteroatoms. The van der Waals surface area contributed by atoms with Gasteiger partial charge in [-0.2, -0.15) is 5.26 Å². The maximum Gasteiger partial charge on any atom is 0.258 e. The second-order valence-corrected chi connectivity index (χ2v) is 5.33. The highest BCUT2D eigenvalue weighted by molar-refractivity contribution is 5.78. The Bertz CT molecular complexity index is 781. The van der Waals surface area contributed by atoms with E-state index in [2.05, 4.69) is 5.32 Å². The Balaban J connectivity index is 1.53. The lowest BCUT2D eigenvalue weighted by Crippen LogP contribution is -2.31. The standard InChI is InChI=1S/C18H16N2O4/c1-12(14-4-7-16-17(8-14)24-11-23-16)20-18(21)10-22-15-5-2-13(9-19)3-6-15/h2-8,12H,10-11H2,1H3,(H,20,21)/t12-/m1/s1. The van der Waals surface area contributed by atoms with Gasteiger partial charge in [0.05, 0.1) is 17.7 Å². The number of nitrogens with one attached hydrogen (secondary N) is 1. The minimum atomic E-state index is -0.232. The molecule has 1 aliphatic heterocycles. The molecule has 2 aromatic carbocycles. The molecule has 6 nitrogen and oxygen atoms in total. The van der Waals surface area contributed by atoms with Crippen molar-refractivity contribution in [3.8, 4) is 23.3 Å². The molecule has 1 aliphatic rings. The highest BCUT2D eigenvalue weighted by Crippen LogP contribution is 2.34. The number of fused-ring (bicyclic) bond motifs is 1. The lowest BCUT2D eigenvalue weighted by molar-refractivity contribution is -0.123.